The van der Waals surface area contributed by atoms with Gasteiger partial charge in [0.15, 0.2) is 0 Å². The number of imidazole rings is 1. The number of aromatic carboxylic acids is 1. The standard InChI is InChI=1S/C11H10N2O3/c14-10(15)9-4-2-1-3-8(9)7-13-6-5-12-11(13)16/h1-6H,7H2,(H,12,16)(H,14,15). The second kappa shape index (κ2) is 4.06. The van der Waals surface area contributed by atoms with Gasteiger partial charge in [-0.15, -0.1) is 0 Å². The fourth-order valence-corrected chi connectivity index (χ4v) is 1.52. The molecule has 0 saturated heterocycles. The van der Waals surface area contributed by atoms with Crippen molar-refractivity contribution in [3.8, 4) is 0 Å². The van der Waals surface area contributed by atoms with E-state index in [0.717, 1.165) is 0 Å². The van der Waals surface area contributed by atoms with E-state index in [9.17, 15) is 9.59 Å². The van der Waals surface area contributed by atoms with E-state index in [2.05, 4.69) is 4.98 Å². The van der Waals surface area contributed by atoms with E-state index in [1.165, 1.54) is 16.8 Å². The van der Waals surface area contributed by atoms with Crippen molar-refractivity contribution in [2.75, 3.05) is 0 Å². The van der Waals surface area contributed by atoms with E-state index >= 15 is 0 Å². The van der Waals surface area contributed by atoms with Gasteiger partial charge in [-0.2, -0.15) is 0 Å². The normalized spacial score (nSPS) is 10.2. The SMILES string of the molecule is O=C(O)c1ccccc1Cn1cc[nH]c1=O. The molecule has 0 saturated carbocycles. The van der Waals surface area contributed by atoms with Crippen molar-refractivity contribution in [3.05, 3.63) is 58.3 Å². The van der Waals surface area contributed by atoms with Crippen LogP contribution in [0, 0.1) is 0 Å². The predicted octanol–water partition coefficient (Wildman–Crippen LogP) is 0.923. The summed E-state index contributed by atoms with van der Waals surface area (Å²) in [4.78, 5) is 24.7. The zero-order chi connectivity index (χ0) is 11.5. The third-order valence-electron chi connectivity index (χ3n) is 2.31. The van der Waals surface area contributed by atoms with E-state index in [-0.39, 0.29) is 17.8 Å². The number of nitrogens with zero attached hydrogens (tertiary/aromatic N) is 1. The van der Waals surface area contributed by atoms with Gasteiger partial charge in [-0.1, -0.05) is 18.2 Å². The Labute approximate surface area is 91.0 Å². The van der Waals surface area contributed by atoms with Crippen molar-refractivity contribution < 1.29 is 9.90 Å². The van der Waals surface area contributed by atoms with Crippen LogP contribution < -0.4 is 5.69 Å². The summed E-state index contributed by atoms with van der Waals surface area (Å²) < 4.78 is 1.42. The zero-order valence-electron chi connectivity index (χ0n) is 8.38. The maximum atomic E-state index is 11.3. The molecule has 1 aromatic heterocycles. The van der Waals surface area contributed by atoms with Crippen molar-refractivity contribution in [1.29, 1.82) is 0 Å². The fourth-order valence-electron chi connectivity index (χ4n) is 1.52. The topological polar surface area (TPSA) is 75.1 Å². The quantitative estimate of drug-likeness (QED) is 0.804. The lowest BCUT2D eigenvalue weighted by Gasteiger charge is -2.05. The summed E-state index contributed by atoms with van der Waals surface area (Å²) in [7, 11) is 0. The summed E-state index contributed by atoms with van der Waals surface area (Å²) in [6.45, 7) is 0.255. The van der Waals surface area contributed by atoms with Crippen molar-refractivity contribution >= 4 is 5.97 Å². The second-order valence-corrected chi connectivity index (χ2v) is 3.36. The molecule has 0 spiro atoms. The average Bonchev–Trinajstić information content (AvgIpc) is 2.65. The monoisotopic (exact) mass is 218 g/mol. The number of carboxylic acids is 1. The molecule has 0 aliphatic heterocycles. The molecule has 2 rings (SSSR count). The lowest BCUT2D eigenvalue weighted by molar-refractivity contribution is 0.0695. The molecule has 5 heteroatoms. The Kier molecular flexibility index (Phi) is 2.59. The average molecular weight is 218 g/mol. The molecule has 2 N–H and O–H groups in total. The summed E-state index contributed by atoms with van der Waals surface area (Å²) in [5.41, 5.74) is 0.576. The van der Waals surface area contributed by atoms with Crippen LogP contribution in [0.5, 0.6) is 0 Å². The minimum absolute atomic E-state index is 0.218. The van der Waals surface area contributed by atoms with Gasteiger partial charge in [0.05, 0.1) is 12.1 Å². The van der Waals surface area contributed by atoms with Gasteiger partial charge in [-0.05, 0) is 11.6 Å². The van der Waals surface area contributed by atoms with Crippen LogP contribution >= 0.6 is 0 Å². The molecule has 0 aliphatic carbocycles. The summed E-state index contributed by atoms with van der Waals surface area (Å²) >= 11 is 0. The molecule has 16 heavy (non-hydrogen) atoms. The number of hydrogen-bond acceptors (Lipinski definition) is 2. The largest absolute Gasteiger partial charge is 0.478 e. The van der Waals surface area contributed by atoms with Gasteiger partial charge < -0.3 is 10.1 Å². The van der Waals surface area contributed by atoms with Gasteiger partial charge in [-0.25, -0.2) is 9.59 Å². The van der Waals surface area contributed by atoms with Crippen LogP contribution in [0.4, 0.5) is 0 Å². The van der Waals surface area contributed by atoms with Gasteiger partial charge in [0.25, 0.3) is 0 Å². The van der Waals surface area contributed by atoms with Crippen LogP contribution in [0.2, 0.25) is 0 Å². The van der Waals surface area contributed by atoms with E-state index in [1.54, 1.807) is 24.4 Å². The highest BCUT2D eigenvalue weighted by Gasteiger charge is 2.09. The zero-order valence-corrected chi connectivity index (χ0v) is 8.38. The molecule has 0 fully saturated rings. The molecule has 0 unspecified atom stereocenters. The Hall–Kier alpha value is -2.30. The highest BCUT2D eigenvalue weighted by Crippen LogP contribution is 2.09. The predicted molar refractivity (Wildman–Crippen MR) is 57.6 cm³/mol. The van der Waals surface area contributed by atoms with Gasteiger partial charge in [-0.3, -0.25) is 4.57 Å². The third-order valence-corrected chi connectivity index (χ3v) is 2.31. The first-order valence-corrected chi connectivity index (χ1v) is 4.73. The third kappa shape index (κ3) is 1.88. The van der Waals surface area contributed by atoms with Crippen LogP contribution in [-0.2, 0) is 6.54 Å². The number of aromatic nitrogens is 2. The molecule has 0 radical (unpaired) electrons. The molecule has 0 atom stereocenters. The van der Waals surface area contributed by atoms with Crippen molar-refractivity contribution in [3.63, 3.8) is 0 Å². The molecular formula is C11H10N2O3. The van der Waals surface area contributed by atoms with Crippen LogP contribution in [0.25, 0.3) is 0 Å². The van der Waals surface area contributed by atoms with E-state index in [1.807, 2.05) is 0 Å². The highest BCUT2D eigenvalue weighted by atomic mass is 16.4. The molecule has 82 valence electrons. The number of carboxylic acid groups (broad SMARTS) is 1. The van der Waals surface area contributed by atoms with E-state index < -0.39 is 5.97 Å². The molecule has 0 bridgehead atoms. The lowest BCUT2D eigenvalue weighted by atomic mass is 10.1. The smallest absolute Gasteiger partial charge is 0.336 e. The Morgan fingerprint density at radius 3 is 2.75 bits per heavy atom. The minimum atomic E-state index is -0.987. The van der Waals surface area contributed by atoms with Crippen molar-refractivity contribution in [2.24, 2.45) is 0 Å². The Morgan fingerprint density at radius 1 is 1.38 bits per heavy atom. The van der Waals surface area contributed by atoms with Gasteiger partial charge in [0.1, 0.15) is 0 Å². The second-order valence-electron chi connectivity index (χ2n) is 3.36. The van der Waals surface area contributed by atoms with Crippen molar-refractivity contribution in [2.45, 2.75) is 6.54 Å². The number of hydrogen-bond donors (Lipinski definition) is 2. The molecule has 0 amide bonds. The highest BCUT2D eigenvalue weighted by molar-refractivity contribution is 5.89. The Balaban J connectivity index is 2.39. The first kappa shape index (κ1) is 10.2. The molecule has 1 heterocycles. The van der Waals surface area contributed by atoms with Gasteiger partial charge in [0, 0.05) is 12.4 Å². The summed E-state index contributed by atoms with van der Waals surface area (Å²) in [5, 5.41) is 8.97. The van der Waals surface area contributed by atoms with Gasteiger partial charge in [0.2, 0.25) is 0 Å². The Morgan fingerprint density at radius 2 is 2.12 bits per heavy atom. The summed E-state index contributed by atoms with van der Waals surface area (Å²) in [6.07, 6.45) is 3.10. The van der Waals surface area contributed by atoms with Crippen molar-refractivity contribution in [1.82, 2.24) is 9.55 Å². The maximum Gasteiger partial charge on any atom is 0.336 e. The fraction of sp³-hybridized carbons (Fsp3) is 0.0909. The number of nitrogens with one attached hydrogen (secondary N) is 1. The molecule has 0 aliphatic rings. The van der Waals surface area contributed by atoms with E-state index in [4.69, 9.17) is 5.11 Å². The number of benzene rings is 1. The van der Waals surface area contributed by atoms with Gasteiger partial charge >= 0.3 is 11.7 Å². The first-order chi connectivity index (χ1) is 7.68. The number of H-pyrrole nitrogens is 1. The number of rotatable bonds is 3. The minimum Gasteiger partial charge on any atom is -0.478 e. The summed E-state index contributed by atoms with van der Waals surface area (Å²) in [6, 6.07) is 6.63. The Bertz CT molecular complexity index is 568. The molecule has 2 aromatic rings. The molecule has 1 aromatic carbocycles. The maximum absolute atomic E-state index is 11.3. The van der Waals surface area contributed by atoms with Crippen LogP contribution in [0.1, 0.15) is 15.9 Å². The lowest BCUT2D eigenvalue weighted by Crippen LogP contribution is -2.18. The van der Waals surface area contributed by atoms with Crippen LogP contribution in [0.3, 0.4) is 0 Å². The van der Waals surface area contributed by atoms with Crippen LogP contribution in [-0.4, -0.2) is 20.6 Å². The van der Waals surface area contributed by atoms with E-state index in [0.29, 0.717) is 5.56 Å². The molecular weight excluding hydrogens is 208 g/mol. The number of aromatic amines is 1. The summed E-state index contributed by atoms with van der Waals surface area (Å²) in [5.74, 6) is -0.987. The first-order valence-electron chi connectivity index (χ1n) is 4.73. The number of carbonyl (C=O) groups is 1. The van der Waals surface area contributed by atoms with Crippen LogP contribution in [0.15, 0.2) is 41.5 Å². The molecule has 5 nitrogen and oxygen atoms in total.